The van der Waals surface area contributed by atoms with Crippen LogP contribution in [0.25, 0.3) is 0 Å². The summed E-state index contributed by atoms with van der Waals surface area (Å²) in [6.07, 6.45) is 0. The summed E-state index contributed by atoms with van der Waals surface area (Å²) in [5, 5.41) is 3.97. The summed E-state index contributed by atoms with van der Waals surface area (Å²) in [4.78, 5) is 0. The summed E-state index contributed by atoms with van der Waals surface area (Å²) in [7, 11) is 0. The molecule has 0 heterocycles. The van der Waals surface area contributed by atoms with E-state index in [1.807, 2.05) is 25.1 Å². The lowest BCUT2D eigenvalue weighted by Crippen LogP contribution is -2.19. The second-order valence-corrected chi connectivity index (χ2v) is 6.74. The van der Waals surface area contributed by atoms with Crippen molar-refractivity contribution in [3.8, 4) is 0 Å². The molecule has 1 N–H and O–H groups in total. The van der Waals surface area contributed by atoms with Crippen molar-refractivity contribution < 1.29 is 4.39 Å². The first-order valence-electron chi connectivity index (χ1n) is 6.09. The van der Waals surface area contributed by atoms with Gasteiger partial charge in [0, 0.05) is 32.1 Å². The van der Waals surface area contributed by atoms with E-state index in [2.05, 4.69) is 37.2 Å². The van der Waals surface area contributed by atoms with Crippen LogP contribution in [-0.4, -0.2) is 0 Å². The molecule has 2 aromatic carbocycles. The van der Waals surface area contributed by atoms with Gasteiger partial charge in [-0.05, 0) is 42.8 Å². The summed E-state index contributed by atoms with van der Waals surface area (Å²) in [5.41, 5.74) is 1.62. The molecule has 1 nitrogen and oxygen atoms in total. The largest absolute Gasteiger partial charge is 0.306 e. The fraction of sp³-hybridized carbons (Fsp3) is 0.200. The Labute approximate surface area is 139 Å². The monoisotopic (exact) mass is 419 g/mol. The normalized spacial score (nSPS) is 12.4. The molecule has 1 unspecified atom stereocenters. The maximum absolute atomic E-state index is 13.7. The third-order valence-electron chi connectivity index (χ3n) is 3.04. The molecule has 0 aliphatic heterocycles. The van der Waals surface area contributed by atoms with E-state index < -0.39 is 0 Å². The molecule has 0 saturated heterocycles. The van der Waals surface area contributed by atoms with Crippen LogP contribution in [0.5, 0.6) is 0 Å². The van der Waals surface area contributed by atoms with Gasteiger partial charge in [0.05, 0.1) is 0 Å². The van der Waals surface area contributed by atoms with E-state index in [9.17, 15) is 4.39 Å². The summed E-state index contributed by atoms with van der Waals surface area (Å²) in [6, 6.07) is 10.7. The Hall–Kier alpha value is -0.420. The van der Waals surface area contributed by atoms with Crippen molar-refractivity contribution in [2.24, 2.45) is 0 Å². The van der Waals surface area contributed by atoms with Crippen molar-refractivity contribution >= 4 is 43.5 Å². The zero-order valence-corrected chi connectivity index (χ0v) is 14.7. The molecule has 0 aliphatic rings. The van der Waals surface area contributed by atoms with Gasteiger partial charge < -0.3 is 5.32 Å². The van der Waals surface area contributed by atoms with Gasteiger partial charge in [0.1, 0.15) is 5.82 Å². The van der Waals surface area contributed by atoms with Crippen LogP contribution in [0.2, 0.25) is 5.02 Å². The molecule has 0 radical (unpaired) electrons. The van der Waals surface area contributed by atoms with Gasteiger partial charge in [-0.2, -0.15) is 0 Å². The van der Waals surface area contributed by atoms with Crippen LogP contribution in [0.15, 0.2) is 45.3 Å². The molecular formula is C15H13Br2ClFN. The number of hydrogen-bond acceptors (Lipinski definition) is 1. The summed E-state index contributed by atoms with van der Waals surface area (Å²) in [6.45, 7) is 2.45. The smallest absolute Gasteiger partial charge is 0.127 e. The first-order chi connectivity index (χ1) is 9.47. The number of nitrogens with one attached hydrogen (secondary N) is 1. The van der Waals surface area contributed by atoms with Gasteiger partial charge in [-0.25, -0.2) is 4.39 Å². The SMILES string of the molecule is CC(NCc1cc(Br)ccc1F)c1ccc(Br)cc1Cl. The van der Waals surface area contributed by atoms with Crippen LogP contribution in [-0.2, 0) is 6.54 Å². The van der Waals surface area contributed by atoms with Crippen molar-refractivity contribution in [2.45, 2.75) is 19.5 Å². The highest BCUT2D eigenvalue weighted by atomic mass is 79.9. The van der Waals surface area contributed by atoms with Crippen LogP contribution in [0, 0.1) is 5.82 Å². The van der Waals surface area contributed by atoms with E-state index in [1.54, 1.807) is 12.1 Å². The Bertz CT molecular complexity index is 619. The predicted octanol–water partition coefficient (Wildman–Crippen LogP) is 5.85. The van der Waals surface area contributed by atoms with E-state index in [-0.39, 0.29) is 11.9 Å². The van der Waals surface area contributed by atoms with Crippen molar-refractivity contribution in [1.29, 1.82) is 0 Å². The summed E-state index contributed by atoms with van der Waals surface area (Å²) in [5.74, 6) is -0.213. The van der Waals surface area contributed by atoms with Crippen molar-refractivity contribution in [3.05, 3.63) is 67.3 Å². The van der Waals surface area contributed by atoms with E-state index in [1.165, 1.54) is 6.07 Å². The van der Waals surface area contributed by atoms with Crippen LogP contribution in [0.3, 0.4) is 0 Å². The highest BCUT2D eigenvalue weighted by Crippen LogP contribution is 2.26. The van der Waals surface area contributed by atoms with E-state index in [0.29, 0.717) is 17.1 Å². The van der Waals surface area contributed by atoms with Gasteiger partial charge in [0.2, 0.25) is 0 Å². The van der Waals surface area contributed by atoms with Gasteiger partial charge in [-0.15, -0.1) is 0 Å². The highest BCUT2D eigenvalue weighted by Gasteiger charge is 2.11. The number of hydrogen-bond donors (Lipinski definition) is 1. The fourth-order valence-electron chi connectivity index (χ4n) is 1.90. The van der Waals surface area contributed by atoms with E-state index in [0.717, 1.165) is 14.5 Å². The number of rotatable bonds is 4. The highest BCUT2D eigenvalue weighted by molar-refractivity contribution is 9.10. The third kappa shape index (κ3) is 4.04. The summed E-state index contributed by atoms with van der Waals surface area (Å²) >= 11 is 12.9. The maximum atomic E-state index is 13.7. The van der Waals surface area contributed by atoms with Gasteiger partial charge >= 0.3 is 0 Å². The quantitative estimate of drug-likeness (QED) is 0.653. The second kappa shape index (κ2) is 7.03. The van der Waals surface area contributed by atoms with Crippen molar-refractivity contribution in [3.63, 3.8) is 0 Å². The van der Waals surface area contributed by atoms with Crippen molar-refractivity contribution in [1.82, 2.24) is 5.32 Å². The summed E-state index contributed by atoms with van der Waals surface area (Å²) < 4.78 is 15.5. The molecule has 2 aromatic rings. The van der Waals surface area contributed by atoms with Crippen molar-refractivity contribution in [2.75, 3.05) is 0 Å². The van der Waals surface area contributed by atoms with Gasteiger partial charge in [-0.1, -0.05) is 49.5 Å². The van der Waals surface area contributed by atoms with E-state index in [4.69, 9.17) is 11.6 Å². The molecule has 0 saturated carbocycles. The Morgan fingerprint density at radius 2 is 1.80 bits per heavy atom. The van der Waals surface area contributed by atoms with Crippen LogP contribution in [0.4, 0.5) is 4.39 Å². The molecule has 0 fully saturated rings. The average molecular weight is 422 g/mol. The van der Waals surface area contributed by atoms with Gasteiger partial charge in [-0.3, -0.25) is 0 Å². The number of benzene rings is 2. The zero-order chi connectivity index (χ0) is 14.7. The van der Waals surface area contributed by atoms with Gasteiger partial charge in [0.25, 0.3) is 0 Å². The molecule has 0 aliphatic carbocycles. The fourth-order valence-corrected chi connectivity index (χ4v) is 3.15. The first kappa shape index (κ1) is 16.0. The van der Waals surface area contributed by atoms with Gasteiger partial charge in [0.15, 0.2) is 0 Å². The lowest BCUT2D eigenvalue weighted by atomic mass is 10.1. The molecule has 106 valence electrons. The number of halogens is 4. The van der Waals surface area contributed by atoms with Crippen LogP contribution < -0.4 is 5.32 Å². The molecule has 0 spiro atoms. The first-order valence-corrected chi connectivity index (χ1v) is 8.06. The molecular weight excluding hydrogens is 408 g/mol. The predicted molar refractivity (Wildman–Crippen MR) is 88.5 cm³/mol. The standard InChI is InChI=1S/C15H13Br2ClFN/c1-9(13-4-2-12(17)7-14(13)18)20-8-10-6-11(16)3-5-15(10)19/h2-7,9,20H,8H2,1H3. The minimum atomic E-state index is -0.213. The zero-order valence-electron chi connectivity index (χ0n) is 10.8. The van der Waals surface area contributed by atoms with Crippen LogP contribution in [0.1, 0.15) is 24.1 Å². The molecule has 5 heteroatoms. The minimum absolute atomic E-state index is 0.0361. The Balaban J connectivity index is 2.08. The Morgan fingerprint density at radius 1 is 1.15 bits per heavy atom. The minimum Gasteiger partial charge on any atom is -0.306 e. The second-order valence-electron chi connectivity index (χ2n) is 4.50. The molecule has 1 atom stereocenters. The lowest BCUT2D eigenvalue weighted by Gasteiger charge is -2.16. The van der Waals surface area contributed by atoms with E-state index >= 15 is 0 Å². The molecule has 20 heavy (non-hydrogen) atoms. The average Bonchev–Trinajstić information content (AvgIpc) is 2.39. The lowest BCUT2D eigenvalue weighted by molar-refractivity contribution is 0.544. The molecule has 0 aromatic heterocycles. The maximum Gasteiger partial charge on any atom is 0.127 e. The molecule has 0 amide bonds. The third-order valence-corrected chi connectivity index (χ3v) is 4.35. The Kier molecular flexibility index (Phi) is 5.61. The molecule has 2 rings (SSSR count). The molecule has 0 bridgehead atoms. The Morgan fingerprint density at radius 3 is 2.50 bits per heavy atom. The van der Waals surface area contributed by atoms with Crippen LogP contribution >= 0.6 is 43.5 Å². The topological polar surface area (TPSA) is 12.0 Å².